The monoisotopic (exact) mass is 206 g/mol. The average molecular weight is 206 g/mol. The summed E-state index contributed by atoms with van der Waals surface area (Å²) in [6.45, 7) is 7.88. The van der Waals surface area contributed by atoms with Gasteiger partial charge in [0, 0.05) is 25.0 Å². The van der Waals surface area contributed by atoms with Crippen LogP contribution in [0.3, 0.4) is 0 Å². The van der Waals surface area contributed by atoms with Crippen LogP contribution in [0.4, 0.5) is 11.4 Å². The Labute approximate surface area is 93.1 Å². The molecule has 0 aromatic heterocycles. The molecular formula is C13H22N2. The van der Waals surface area contributed by atoms with Crippen LogP contribution in [-0.2, 0) is 0 Å². The van der Waals surface area contributed by atoms with Gasteiger partial charge < -0.3 is 10.6 Å². The van der Waals surface area contributed by atoms with E-state index in [9.17, 15) is 0 Å². The third-order valence-electron chi connectivity index (χ3n) is 2.53. The summed E-state index contributed by atoms with van der Waals surface area (Å²) in [5, 5.41) is 0. The minimum atomic E-state index is 0.391. The van der Waals surface area contributed by atoms with E-state index < -0.39 is 0 Å². The average Bonchev–Trinajstić information content (AvgIpc) is 2.14. The molecule has 2 heteroatoms. The lowest BCUT2D eigenvalue weighted by Crippen LogP contribution is -2.22. The van der Waals surface area contributed by atoms with Gasteiger partial charge in [-0.05, 0) is 36.1 Å². The smallest absolute Gasteiger partial charge is 0.0365 e. The quantitative estimate of drug-likeness (QED) is 0.770. The summed E-state index contributed by atoms with van der Waals surface area (Å²) in [6, 6.07) is 8.03. The molecule has 0 aliphatic heterocycles. The number of nitrogens with zero attached hydrogens (tertiary/aromatic N) is 1. The van der Waals surface area contributed by atoms with Crippen molar-refractivity contribution in [1.29, 1.82) is 0 Å². The predicted octanol–water partition coefficient (Wildman–Crippen LogP) is 3.14. The van der Waals surface area contributed by atoms with Gasteiger partial charge >= 0.3 is 0 Å². The minimum Gasteiger partial charge on any atom is -0.399 e. The number of hydrogen-bond acceptors (Lipinski definition) is 2. The normalized spacial score (nSPS) is 11.5. The number of rotatable bonds is 3. The van der Waals surface area contributed by atoms with E-state index >= 15 is 0 Å². The van der Waals surface area contributed by atoms with Crippen LogP contribution < -0.4 is 10.6 Å². The molecule has 0 atom stereocenters. The first-order valence-electron chi connectivity index (χ1n) is 5.45. The van der Waals surface area contributed by atoms with Gasteiger partial charge in [0.2, 0.25) is 0 Å². The fourth-order valence-electron chi connectivity index (χ4n) is 1.36. The molecule has 2 N–H and O–H groups in total. The third kappa shape index (κ3) is 4.24. The number of hydrogen-bond donors (Lipinski definition) is 1. The number of anilines is 2. The first-order chi connectivity index (χ1) is 6.88. The SMILES string of the molecule is CN(CCC(C)(C)C)c1ccc(N)cc1. The molecule has 0 heterocycles. The van der Waals surface area contributed by atoms with Crippen molar-refractivity contribution in [3.8, 4) is 0 Å². The van der Waals surface area contributed by atoms with Crippen molar-refractivity contribution in [2.24, 2.45) is 5.41 Å². The Balaban J connectivity index is 2.54. The molecule has 0 amide bonds. The Kier molecular flexibility index (Phi) is 3.61. The molecule has 0 aliphatic carbocycles. The topological polar surface area (TPSA) is 29.3 Å². The molecule has 1 aromatic rings. The van der Waals surface area contributed by atoms with Crippen LogP contribution in [0.5, 0.6) is 0 Å². The largest absolute Gasteiger partial charge is 0.399 e. The molecule has 0 radical (unpaired) electrons. The van der Waals surface area contributed by atoms with Gasteiger partial charge in [-0.15, -0.1) is 0 Å². The summed E-state index contributed by atoms with van der Waals surface area (Å²) in [5.74, 6) is 0. The fourth-order valence-corrected chi connectivity index (χ4v) is 1.36. The third-order valence-corrected chi connectivity index (χ3v) is 2.53. The van der Waals surface area contributed by atoms with Gasteiger partial charge in [-0.25, -0.2) is 0 Å². The standard InChI is InChI=1S/C13H22N2/c1-13(2,3)9-10-15(4)12-7-5-11(14)6-8-12/h5-8H,9-10,14H2,1-4H3. The van der Waals surface area contributed by atoms with Gasteiger partial charge in [0.05, 0.1) is 0 Å². The zero-order valence-electron chi connectivity index (χ0n) is 10.2. The summed E-state index contributed by atoms with van der Waals surface area (Å²) in [6.07, 6.45) is 1.19. The maximum atomic E-state index is 5.65. The molecule has 0 saturated heterocycles. The second kappa shape index (κ2) is 4.56. The second-order valence-electron chi connectivity index (χ2n) is 5.32. The van der Waals surface area contributed by atoms with E-state index in [-0.39, 0.29) is 0 Å². The molecule has 0 aliphatic rings. The zero-order chi connectivity index (χ0) is 11.5. The van der Waals surface area contributed by atoms with Gasteiger partial charge in [0.1, 0.15) is 0 Å². The van der Waals surface area contributed by atoms with Crippen LogP contribution >= 0.6 is 0 Å². The molecule has 0 spiro atoms. The first-order valence-corrected chi connectivity index (χ1v) is 5.45. The van der Waals surface area contributed by atoms with Crippen molar-refractivity contribution < 1.29 is 0 Å². The Bertz CT molecular complexity index is 295. The van der Waals surface area contributed by atoms with Gasteiger partial charge in [-0.3, -0.25) is 0 Å². The van der Waals surface area contributed by atoms with Crippen LogP contribution in [0.25, 0.3) is 0 Å². The van der Waals surface area contributed by atoms with Crippen molar-refractivity contribution in [2.45, 2.75) is 27.2 Å². The number of nitrogens with two attached hydrogens (primary N) is 1. The molecule has 0 bridgehead atoms. The van der Waals surface area contributed by atoms with Gasteiger partial charge in [0.15, 0.2) is 0 Å². The van der Waals surface area contributed by atoms with Crippen molar-refractivity contribution >= 4 is 11.4 Å². The molecule has 0 unspecified atom stereocenters. The first kappa shape index (κ1) is 11.9. The summed E-state index contributed by atoms with van der Waals surface area (Å²) < 4.78 is 0. The lowest BCUT2D eigenvalue weighted by atomic mass is 9.92. The number of benzene rings is 1. The van der Waals surface area contributed by atoms with E-state index in [1.165, 1.54) is 12.1 Å². The number of nitrogen functional groups attached to an aromatic ring is 1. The highest BCUT2D eigenvalue weighted by atomic mass is 15.1. The van der Waals surface area contributed by atoms with E-state index in [4.69, 9.17) is 5.73 Å². The zero-order valence-corrected chi connectivity index (χ0v) is 10.2. The van der Waals surface area contributed by atoms with E-state index in [2.05, 4.69) is 44.9 Å². The van der Waals surface area contributed by atoms with Crippen molar-refractivity contribution in [2.75, 3.05) is 24.2 Å². The Morgan fingerprint density at radius 2 is 1.67 bits per heavy atom. The van der Waals surface area contributed by atoms with E-state index in [0.717, 1.165) is 12.2 Å². The van der Waals surface area contributed by atoms with Crippen LogP contribution in [0.1, 0.15) is 27.2 Å². The van der Waals surface area contributed by atoms with Crippen LogP contribution in [0.15, 0.2) is 24.3 Å². The van der Waals surface area contributed by atoms with E-state index in [1.807, 2.05) is 12.1 Å². The minimum absolute atomic E-state index is 0.391. The molecule has 1 rings (SSSR count). The van der Waals surface area contributed by atoms with E-state index in [0.29, 0.717) is 5.41 Å². The van der Waals surface area contributed by atoms with Crippen molar-refractivity contribution in [3.05, 3.63) is 24.3 Å². The molecule has 2 nitrogen and oxygen atoms in total. The highest BCUT2D eigenvalue weighted by molar-refractivity contribution is 5.52. The predicted molar refractivity (Wildman–Crippen MR) is 68.2 cm³/mol. The maximum Gasteiger partial charge on any atom is 0.0365 e. The van der Waals surface area contributed by atoms with Crippen LogP contribution in [0, 0.1) is 5.41 Å². The molecule has 15 heavy (non-hydrogen) atoms. The Morgan fingerprint density at radius 3 is 2.13 bits per heavy atom. The lowest BCUT2D eigenvalue weighted by Gasteiger charge is -2.25. The Morgan fingerprint density at radius 1 is 1.13 bits per heavy atom. The van der Waals surface area contributed by atoms with Gasteiger partial charge in [-0.1, -0.05) is 20.8 Å². The molecule has 1 aromatic carbocycles. The van der Waals surface area contributed by atoms with Crippen molar-refractivity contribution in [3.63, 3.8) is 0 Å². The van der Waals surface area contributed by atoms with Crippen LogP contribution in [0.2, 0.25) is 0 Å². The summed E-state index contributed by atoms with van der Waals surface area (Å²) in [4.78, 5) is 2.27. The van der Waals surface area contributed by atoms with Gasteiger partial charge in [-0.2, -0.15) is 0 Å². The van der Waals surface area contributed by atoms with Gasteiger partial charge in [0.25, 0.3) is 0 Å². The highest BCUT2D eigenvalue weighted by Crippen LogP contribution is 2.21. The summed E-state index contributed by atoms with van der Waals surface area (Å²) >= 11 is 0. The maximum absolute atomic E-state index is 5.65. The lowest BCUT2D eigenvalue weighted by molar-refractivity contribution is 0.381. The molecule has 84 valence electrons. The summed E-state index contributed by atoms with van der Waals surface area (Å²) in [5.41, 5.74) is 8.09. The molecule has 0 saturated carbocycles. The van der Waals surface area contributed by atoms with E-state index in [1.54, 1.807) is 0 Å². The molecule has 0 fully saturated rings. The molecular weight excluding hydrogens is 184 g/mol. The highest BCUT2D eigenvalue weighted by Gasteiger charge is 2.11. The van der Waals surface area contributed by atoms with Crippen molar-refractivity contribution in [1.82, 2.24) is 0 Å². The summed E-state index contributed by atoms with van der Waals surface area (Å²) in [7, 11) is 2.12. The Hall–Kier alpha value is -1.18. The fraction of sp³-hybridized carbons (Fsp3) is 0.538. The van der Waals surface area contributed by atoms with Crippen LogP contribution in [-0.4, -0.2) is 13.6 Å². The second-order valence-corrected chi connectivity index (χ2v) is 5.32.